The molecule has 2 rings (SSSR count). The van der Waals surface area contributed by atoms with Crippen molar-refractivity contribution in [3.05, 3.63) is 53.3 Å². The third-order valence-corrected chi connectivity index (χ3v) is 2.59. The van der Waals surface area contributed by atoms with E-state index in [1.54, 1.807) is 6.20 Å². The van der Waals surface area contributed by atoms with Crippen molar-refractivity contribution < 1.29 is 0 Å². The van der Waals surface area contributed by atoms with Gasteiger partial charge in [-0.15, -0.1) is 0 Å². The minimum absolute atomic E-state index is 0.481. The maximum absolute atomic E-state index is 9.01. The first-order chi connectivity index (χ1) is 7.72. The van der Waals surface area contributed by atoms with E-state index in [0.29, 0.717) is 5.69 Å². The molecule has 0 aliphatic heterocycles. The van der Waals surface area contributed by atoms with Crippen LogP contribution in [0.5, 0.6) is 0 Å². The van der Waals surface area contributed by atoms with E-state index in [1.165, 1.54) is 11.1 Å². The largest absolute Gasteiger partial charge is 0.245 e. The number of rotatable bonds is 1. The molecule has 2 nitrogen and oxygen atoms in total. The van der Waals surface area contributed by atoms with Gasteiger partial charge in [-0.25, -0.2) is 4.98 Å². The lowest BCUT2D eigenvalue weighted by Gasteiger charge is -2.07. The predicted octanol–water partition coefficient (Wildman–Crippen LogP) is 3.24. The number of benzene rings is 1. The van der Waals surface area contributed by atoms with E-state index >= 15 is 0 Å². The van der Waals surface area contributed by atoms with Gasteiger partial charge in [-0.1, -0.05) is 23.8 Å². The van der Waals surface area contributed by atoms with Crippen LogP contribution in [0.25, 0.3) is 11.1 Å². The Balaban J connectivity index is 2.64. The predicted molar refractivity (Wildman–Crippen MR) is 63.9 cm³/mol. The molecular weight excluding hydrogens is 196 g/mol. The maximum Gasteiger partial charge on any atom is 0.148 e. The molecule has 0 saturated carbocycles. The maximum atomic E-state index is 9.01. The molecule has 0 aliphatic carbocycles. The average molecular weight is 208 g/mol. The van der Waals surface area contributed by atoms with Crippen molar-refractivity contribution in [2.45, 2.75) is 13.8 Å². The second-order valence-electron chi connectivity index (χ2n) is 3.83. The van der Waals surface area contributed by atoms with Crippen LogP contribution in [0, 0.1) is 25.2 Å². The second-order valence-corrected chi connectivity index (χ2v) is 3.83. The van der Waals surface area contributed by atoms with E-state index in [-0.39, 0.29) is 0 Å². The zero-order valence-corrected chi connectivity index (χ0v) is 9.36. The van der Waals surface area contributed by atoms with Gasteiger partial charge in [0, 0.05) is 11.8 Å². The molecule has 0 unspecified atom stereocenters. The van der Waals surface area contributed by atoms with Crippen LogP contribution in [0.3, 0.4) is 0 Å². The number of hydrogen-bond donors (Lipinski definition) is 0. The van der Waals surface area contributed by atoms with E-state index < -0.39 is 0 Å². The van der Waals surface area contributed by atoms with Crippen molar-refractivity contribution in [1.82, 2.24) is 4.98 Å². The molecule has 0 N–H and O–H groups in total. The summed E-state index contributed by atoms with van der Waals surface area (Å²) in [5, 5.41) is 9.01. The first kappa shape index (κ1) is 10.4. The highest BCUT2D eigenvalue weighted by Crippen LogP contribution is 2.25. The van der Waals surface area contributed by atoms with Gasteiger partial charge in [-0.2, -0.15) is 5.26 Å². The third-order valence-electron chi connectivity index (χ3n) is 2.59. The highest BCUT2D eigenvalue weighted by atomic mass is 14.7. The number of pyridine rings is 1. The molecule has 0 bridgehead atoms. The summed E-state index contributed by atoms with van der Waals surface area (Å²) in [7, 11) is 0. The summed E-state index contributed by atoms with van der Waals surface area (Å²) in [5.41, 5.74) is 4.86. The van der Waals surface area contributed by atoms with Crippen LogP contribution in [0.15, 0.2) is 36.5 Å². The monoisotopic (exact) mass is 208 g/mol. The van der Waals surface area contributed by atoms with E-state index in [0.717, 1.165) is 11.1 Å². The Morgan fingerprint density at radius 2 is 1.94 bits per heavy atom. The Labute approximate surface area is 95.2 Å². The quantitative estimate of drug-likeness (QED) is 0.721. The normalized spacial score (nSPS) is 9.81. The zero-order chi connectivity index (χ0) is 11.5. The van der Waals surface area contributed by atoms with Crippen molar-refractivity contribution >= 4 is 0 Å². The molecule has 0 fully saturated rings. The van der Waals surface area contributed by atoms with Crippen LogP contribution in [0.4, 0.5) is 0 Å². The fraction of sp³-hybridized carbons (Fsp3) is 0.143. The second kappa shape index (κ2) is 4.16. The van der Waals surface area contributed by atoms with Crippen LogP contribution in [0.1, 0.15) is 16.8 Å². The molecule has 1 aromatic carbocycles. The lowest BCUT2D eigenvalue weighted by molar-refractivity contribution is 1.26. The average Bonchev–Trinajstić information content (AvgIpc) is 2.29. The van der Waals surface area contributed by atoms with Gasteiger partial charge in [0.15, 0.2) is 0 Å². The molecule has 0 amide bonds. The molecule has 1 aromatic heterocycles. The Morgan fingerprint density at radius 1 is 1.12 bits per heavy atom. The van der Waals surface area contributed by atoms with Gasteiger partial charge >= 0.3 is 0 Å². The Kier molecular flexibility index (Phi) is 2.70. The smallest absolute Gasteiger partial charge is 0.148 e. The van der Waals surface area contributed by atoms with Crippen LogP contribution in [0.2, 0.25) is 0 Å². The van der Waals surface area contributed by atoms with Crippen LogP contribution in [-0.2, 0) is 0 Å². The summed E-state index contributed by atoms with van der Waals surface area (Å²) < 4.78 is 0. The highest BCUT2D eigenvalue weighted by molar-refractivity contribution is 5.71. The molecule has 0 saturated heterocycles. The van der Waals surface area contributed by atoms with Gasteiger partial charge in [0.25, 0.3) is 0 Å². The van der Waals surface area contributed by atoms with E-state index in [2.05, 4.69) is 37.0 Å². The van der Waals surface area contributed by atoms with E-state index in [4.69, 9.17) is 5.26 Å². The first-order valence-electron chi connectivity index (χ1n) is 5.15. The van der Waals surface area contributed by atoms with Crippen LogP contribution in [-0.4, -0.2) is 4.98 Å². The molecule has 0 atom stereocenters. The molecule has 2 aromatic rings. The van der Waals surface area contributed by atoms with Crippen molar-refractivity contribution in [1.29, 1.82) is 5.26 Å². The van der Waals surface area contributed by atoms with Crippen LogP contribution < -0.4 is 0 Å². The molecule has 0 radical (unpaired) electrons. The minimum atomic E-state index is 0.481. The van der Waals surface area contributed by atoms with Gasteiger partial charge in [-0.05, 0) is 37.1 Å². The van der Waals surface area contributed by atoms with Gasteiger partial charge in [0.05, 0.1) is 0 Å². The first-order valence-corrected chi connectivity index (χ1v) is 5.15. The summed E-state index contributed by atoms with van der Waals surface area (Å²) in [6, 6.07) is 12.1. The molecule has 78 valence electrons. The molecular formula is C14H12N2. The number of aryl methyl sites for hydroxylation is 2. The molecule has 0 aliphatic rings. The molecule has 2 heteroatoms. The Morgan fingerprint density at radius 3 is 2.62 bits per heavy atom. The number of nitriles is 1. The zero-order valence-electron chi connectivity index (χ0n) is 9.36. The summed E-state index contributed by atoms with van der Waals surface area (Å²) in [6.45, 7) is 4.11. The summed E-state index contributed by atoms with van der Waals surface area (Å²) in [6.07, 6.45) is 1.64. The molecule has 0 spiro atoms. The SMILES string of the molecule is Cc1ccc(-c2cccnc2C#N)c(C)c1. The summed E-state index contributed by atoms with van der Waals surface area (Å²) in [5.74, 6) is 0. The fourth-order valence-corrected chi connectivity index (χ4v) is 1.83. The Bertz CT molecular complexity index is 565. The molecule has 1 heterocycles. The number of hydrogen-bond acceptors (Lipinski definition) is 2. The summed E-state index contributed by atoms with van der Waals surface area (Å²) >= 11 is 0. The van der Waals surface area contributed by atoms with Gasteiger partial charge in [-0.3, -0.25) is 0 Å². The van der Waals surface area contributed by atoms with Crippen molar-refractivity contribution in [2.75, 3.05) is 0 Å². The summed E-state index contributed by atoms with van der Waals surface area (Å²) in [4.78, 5) is 4.08. The van der Waals surface area contributed by atoms with Crippen LogP contribution >= 0.6 is 0 Å². The highest BCUT2D eigenvalue weighted by Gasteiger charge is 2.07. The van der Waals surface area contributed by atoms with Gasteiger partial charge < -0.3 is 0 Å². The van der Waals surface area contributed by atoms with Crippen molar-refractivity contribution in [2.24, 2.45) is 0 Å². The van der Waals surface area contributed by atoms with Crippen molar-refractivity contribution in [3.63, 3.8) is 0 Å². The Hall–Kier alpha value is -2.14. The topological polar surface area (TPSA) is 36.7 Å². The lowest BCUT2D eigenvalue weighted by Crippen LogP contribution is -1.90. The van der Waals surface area contributed by atoms with Crippen molar-refractivity contribution in [3.8, 4) is 17.2 Å². The minimum Gasteiger partial charge on any atom is -0.245 e. The number of nitrogens with zero attached hydrogens (tertiary/aromatic N) is 2. The van der Waals surface area contributed by atoms with E-state index in [9.17, 15) is 0 Å². The third kappa shape index (κ3) is 1.80. The van der Waals surface area contributed by atoms with E-state index in [1.807, 2.05) is 18.2 Å². The standard InChI is InChI=1S/C14H12N2/c1-10-5-6-12(11(2)8-10)13-4-3-7-16-14(13)9-15/h3-8H,1-2H3. The van der Waals surface area contributed by atoms with Gasteiger partial charge in [0.2, 0.25) is 0 Å². The fourth-order valence-electron chi connectivity index (χ4n) is 1.83. The van der Waals surface area contributed by atoms with Gasteiger partial charge in [0.1, 0.15) is 11.8 Å². The molecule has 16 heavy (non-hydrogen) atoms. The lowest BCUT2D eigenvalue weighted by atomic mass is 9.98. The number of aromatic nitrogens is 1.